The van der Waals surface area contributed by atoms with Crippen molar-refractivity contribution in [2.75, 3.05) is 11.9 Å². The Bertz CT molecular complexity index is 539. The van der Waals surface area contributed by atoms with Crippen LogP contribution in [0.5, 0.6) is 0 Å². The van der Waals surface area contributed by atoms with Gasteiger partial charge in [-0.3, -0.25) is 4.79 Å². The van der Waals surface area contributed by atoms with Crippen LogP contribution in [0.3, 0.4) is 0 Å². The van der Waals surface area contributed by atoms with Crippen LogP contribution in [-0.2, 0) is 20.3 Å². The fourth-order valence-corrected chi connectivity index (χ4v) is 2.89. The molecule has 0 spiro atoms. The van der Waals surface area contributed by atoms with Gasteiger partial charge >= 0.3 is 5.51 Å². The molecule has 1 fully saturated rings. The van der Waals surface area contributed by atoms with Crippen molar-refractivity contribution in [3.05, 3.63) is 24.3 Å². The number of halogens is 3. The third kappa shape index (κ3) is 4.81. The Morgan fingerprint density at radius 1 is 1.23 bits per heavy atom. The monoisotopic (exact) mass is 335 g/mol. The normalized spacial score (nSPS) is 17.4. The molecule has 1 atom stereocenters. The van der Waals surface area contributed by atoms with E-state index in [0.29, 0.717) is 5.69 Å². The molecule has 8 heteroatoms. The summed E-state index contributed by atoms with van der Waals surface area (Å²) in [6, 6.07) is 4.73. The van der Waals surface area contributed by atoms with E-state index < -0.39 is 16.3 Å². The molecule has 1 aromatic rings. The van der Waals surface area contributed by atoms with E-state index >= 15 is 0 Å². The first-order valence-electron chi connectivity index (χ1n) is 6.86. The number of alkyl halides is 3. The summed E-state index contributed by atoms with van der Waals surface area (Å²) in [7, 11) is -3.06. The maximum atomic E-state index is 12.3. The topological polar surface area (TPSA) is 55.4 Å². The lowest BCUT2D eigenvalue weighted by atomic mass is 10.3. The molecule has 1 amide bonds. The zero-order valence-electron chi connectivity index (χ0n) is 11.7. The molecule has 1 saturated carbocycles. The van der Waals surface area contributed by atoms with Crippen molar-refractivity contribution in [3.63, 3.8) is 0 Å². The van der Waals surface area contributed by atoms with Crippen LogP contribution in [0.25, 0.3) is 0 Å². The zero-order valence-corrected chi connectivity index (χ0v) is 12.5. The first-order chi connectivity index (χ1) is 10.4. The minimum absolute atomic E-state index is 0.0824. The summed E-state index contributed by atoms with van der Waals surface area (Å²) < 4.78 is 53.5. The van der Waals surface area contributed by atoms with Crippen LogP contribution in [-0.4, -0.2) is 28.3 Å². The summed E-state index contributed by atoms with van der Waals surface area (Å²) in [5.41, 5.74) is -4.46. The van der Waals surface area contributed by atoms with Gasteiger partial charge in [0.15, 0.2) is 10.8 Å². The van der Waals surface area contributed by atoms with Crippen molar-refractivity contribution >= 4 is 22.4 Å². The number of benzene rings is 1. The van der Waals surface area contributed by atoms with E-state index in [1.165, 1.54) is 12.1 Å². The maximum absolute atomic E-state index is 12.3. The van der Waals surface area contributed by atoms with Crippen molar-refractivity contribution in [3.8, 4) is 0 Å². The maximum Gasteiger partial charge on any atom is 0.475 e. The van der Waals surface area contributed by atoms with Crippen LogP contribution in [0.2, 0.25) is 0 Å². The van der Waals surface area contributed by atoms with Gasteiger partial charge in [-0.05, 0) is 37.1 Å². The van der Waals surface area contributed by atoms with Gasteiger partial charge in [0, 0.05) is 10.6 Å². The third-order valence-corrected chi connectivity index (χ3v) is 4.44. The zero-order chi connectivity index (χ0) is 16.2. The summed E-state index contributed by atoms with van der Waals surface area (Å²) in [6.07, 6.45) is 4.22. The van der Waals surface area contributed by atoms with Crippen LogP contribution < -0.4 is 5.32 Å². The Kier molecular flexibility index (Phi) is 5.57. The second kappa shape index (κ2) is 7.23. The van der Waals surface area contributed by atoms with E-state index in [0.717, 1.165) is 37.8 Å². The highest BCUT2D eigenvalue weighted by Crippen LogP contribution is 2.27. The molecule has 0 heterocycles. The average Bonchev–Trinajstić information content (AvgIpc) is 2.97. The third-order valence-electron chi connectivity index (χ3n) is 3.31. The van der Waals surface area contributed by atoms with Gasteiger partial charge in [-0.25, -0.2) is 4.21 Å². The van der Waals surface area contributed by atoms with E-state index in [1.54, 1.807) is 0 Å². The van der Waals surface area contributed by atoms with E-state index in [1.807, 2.05) is 0 Å². The lowest BCUT2D eigenvalue weighted by Crippen LogP contribution is -2.22. The first kappa shape index (κ1) is 17.0. The van der Waals surface area contributed by atoms with Gasteiger partial charge in [0.1, 0.15) is 6.61 Å². The molecule has 0 radical (unpaired) electrons. The number of rotatable bonds is 5. The Balaban J connectivity index is 1.85. The van der Waals surface area contributed by atoms with E-state index in [9.17, 15) is 22.2 Å². The Hall–Kier alpha value is -1.41. The van der Waals surface area contributed by atoms with Crippen molar-refractivity contribution in [1.29, 1.82) is 0 Å². The van der Waals surface area contributed by atoms with Crippen molar-refractivity contribution < 1.29 is 26.9 Å². The number of anilines is 1. The molecular formula is C14H16F3NO3S. The second-order valence-corrected chi connectivity index (χ2v) is 6.48. The highest BCUT2D eigenvalue weighted by Gasteiger charge is 2.37. The summed E-state index contributed by atoms with van der Waals surface area (Å²) in [5, 5.41) is 2.53. The Morgan fingerprint density at radius 3 is 2.36 bits per heavy atom. The predicted octanol–water partition coefficient (Wildman–Crippen LogP) is 3.21. The van der Waals surface area contributed by atoms with Crippen molar-refractivity contribution in [2.24, 2.45) is 0 Å². The van der Waals surface area contributed by atoms with Crippen LogP contribution in [0, 0.1) is 0 Å². The molecule has 0 bridgehead atoms. The van der Waals surface area contributed by atoms with Gasteiger partial charge in [-0.2, -0.15) is 13.2 Å². The molecule has 4 nitrogen and oxygen atoms in total. The van der Waals surface area contributed by atoms with E-state index in [2.05, 4.69) is 5.32 Å². The quantitative estimate of drug-likeness (QED) is 0.899. The summed E-state index contributed by atoms with van der Waals surface area (Å²) in [4.78, 5) is 11.3. The summed E-state index contributed by atoms with van der Waals surface area (Å²) in [6.45, 7) is -0.0824. The van der Waals surface area contributed by atoms with Crippen molar-refractivity contribution in [2.45, 2.75) is 42.2 Å². The largest absolute Gasteiger partial charge is 0.475 e. The molecule has 1 aromatic carbocycles. The van der Waals surface area contributed by atoms with Gasteiger partial charge in [0.05, 0.1) is 6.10 Å². The number of ether oxygens (including phenoxy) is 1. The van der Waals surface area contributed by atoms with Gasteiger partial charge in [-0.15, -0.1) is 0 Å². The molecule has 0 aliphatic heterocycles. The molecule has 0 unspecified atom stereocenters. The summed E-state index contributed by atoms with van der Waals surface area (Å²) in [5.74, 6) is -0.364. The molecule has 1 N–H and O–H groups in total. The number of nitrogens with one attached hydrogen (secondary N) is 1. The fourth-order valence-electron chi connectivity index (χ4n) is 2.24. The van der Waals surface area contributed by atoms with Gasteiger partial charge in [0.25, 0.3) is 0 Å². The van der Waals surface area contributed by atoms with Gasteiger partial charge in [-0.1, -0.05) is 12.8 Å². The minimum atomic E-state index is -4.79. The number of carbonyl (C=O) groups excluding carboxylic acids is 1. The van der Waals surface area contributed by atoms with E-state index in [-0.39, 0.29) is 23.5 Å². The van der Waals surface area contributed by atoms with Crippen LogP contribution in [0.15, 0.2) is 29.2 Å². The molecule has 0 saturated heterocycles. The molecule has 122 valence electrons. The SMILES string of the molecule is O=C(COC1CCCC1)Nc1ccc([S@@](=O)C(F)(F)F)cc1. The molecule has 1 aliphatic rings. The highest BCUT2D eigenvalue weighted by molar-refractivity contribution is 7.86. The molecular weight excluding hydrogens is 319 g/mol. The fraction of sp³-hybridized carbons (Fsp3) is 0.500. The predicted molar refractivity (Wildman–Crippen MR) is 75.7 cm³/mol. The van der Waals surface area contributed by atoms with Crippen LogP contribution in [0.4, 0.5) is 18.9 Å². The molecule has 22 heavy (non-hydrogen) atoms. The number of amides is 1. The second-order valence-electron chi connectivity index (χ2n) is 5.00. The van der Waals surface area contributed by atoms with Crippen molar-refractivity contribution in [1.82, 2.24) is 0 Å². The molecule has 0 aromatic heterocycles. The Morgan fingerprint density at radius 2 is 1.82 bits per heavy atom. The van der Waals surface area contributed by atoms with Crippen LogP contribution >= 0.6 is 0 Å². The van der Waals surface area contributed by atoms with E-state index in [4.69, 9.17) is 4.74 Å². The number of hydrogen-bond donors (Lipinski definition) is 1. The van der Waals surface area contributed by atoms with Gasteiger partial charge < -0.3 is 10.1 Å². The standard InChI is InChI=1S/C14H16F3NO3S/c15-14(16,17)22(20)12-7-5-10(6-8-12)18-13(19)9-21-11-3-1-2-4-11/h5-8,11H,1-4,9H2,(H,18,19)/t22-/m1/s1. The van der Waals surface area contributed by atoms with Gasteiger partial charge in [0.2, 0.25) is 5.91 Å². The highest BCUT2D eigenvalue weighted by atomic mass is 32.2. The average molecular weight is 335 g/mol. The van der Waals surface area contributed by atoms with Crippen LogP contribution in [0.1, 0.15) is 25.7 Å². The number of carbonyl (C=O) groups is 1. The lowest BCUT2D eigenvalue weighted by Gasteiger charge is -2.11. The molecule has 1 aliphatic carbocycles. The minimum Gasteiger partial charge on any atom is -0.368 e. The molecule has 2 rings (SSSR count). The first-order valence-corrected chi connectivity index (χ1v) is 8.01. The number of hydrogen-bond acceptors (Lipinski definition) is 3. The lowest BCUT2D eigenvalue weighted by molar-refractivity contribution is -0.122. The summed E-state index contributed by atoms with van der Waals surface area (Å²) >= 11 is 0. The Labute approximate surface area is 128 Å². The smallest absolute Gasteiger partial charge is 0.368 e.